The summed E-state index contributed by atoms with van der Waals surface area (Å²) in [5.41, 5.74) is 0.560. The molecule has 1 aromatic heterocycles. The van der Waals surface area contributed by atoms with Crippen LogP contribution in [0.1, 0.15) is 29.9 Å². The molecule has 0 spiro atoms. The zero-order valence-electron chi connectivity index (χ0n) is 13.8. The van der Waals surface area contributed by atoms with Crippen LogP contribution in [0.3, 0.4) is 0 Å². The number of amides is 1. The predicted molar refractivity (Wildman–Crippen MR) is 85.5 cm³/mol. The fraction of sp³-hybridized carbons (Fsp3) is 0.500. The van der Waals surface area contributed by atoms with Gasteiger partial charge in [-0.2, -0.15) is 0 Å². The Bertz CT molecular complexity index is 766. The summed E-state index contributed by atoms with van der Waals surface area (Å²) in [5, 5.41) is 16.1. The molecule has 130 valence electrons. The fourth-order valence-electron chi connectivity index (χ4n) is 3.19. The summed E-state index contributed by atoms with van der Waals surface area (Å²) in [4.78, 5) is 13.7. The number of anilines is 1. The largest absolute Gasteiger partial charge is 0.392 e. The first kappa shape index (κ1) is 16.7. The van der Waals surface area contributed by atoms with Gasteiger partial charge in [0.15, 0.2) is 11.5 Å². The number of fused-ring (bicyclic) bond motifs is 1. The molecule has 2 N–H and O–H groups in total. The molecule has 8 heteroatoms. The SMILES string of the molecule is CNC(=O)c1noc2c(F)c(N3C[C@@H](C)O[C@H](C)C3)c(CO)cc12. The van der Waals surface area contributed by atoms with Gasteiger partial charge in [0, 0.05) is 25.7 Å². The average molecular weight is 337 g/mol. The lowest BCUT2D eigenvalue weighted by Crippen LogP contribution is -2.46. The van der Waals surface area contributed by atoms with Gasteiger partial charge in [-0.15, -0.1) is 0 Å². The molecular formula is C16H20FN3O4. The Hall–Kier alpha value is -2.19. The molecule has 1 fully saturated rings. The molecule has 0 bridgehead atoms. The zero-order valence-corrected chi connectivity index (χ0v) is 13.8. The molecule has 3 rings (SSSR count). The van der Waals surface area contributed by atoms with Crippen LogP contribution in [0.15, 0.2) is 10.6 Å². The summed E-state index contributed by atoms with van der Waals surface area (Å²) in [5.74, 6) is -1.10. The number of halogens is 1. The van der Waals surface area contributed by atoms with Crippen LogP contribution < -0.4 is 10.2 Å². The van der Waals surface area contributed by atoms with E-state index in [1.165, 1.54) is 7.05 Å². The van der Waals surface area contributed by atoms with Gasteiger partial charge in [-0.05, 0) is 19.9 Å². The predicted octanol–water partition coefficient (Wildman–Crippen LogP) is 1.43. The van der Waals surface area contributed by atoms with E-state index in [1.807, 2.05) is 18.7 Å². The highest BCUT2D eigenvalue weighted by atomic mass is 19.1. The van der Waals surface area contributed by atoms with Gasteiger partial charge in [0.05, 0.1) is 29.9 Å². The van der Waals surface area contributed by atoms with Crippen molar-refractivity contribution in [3.63, 3.8) is 0 Å². The van der Waals surface area contributed by atoms with E-state index < -0.39 is 11.7 Å². The minimum absolute atomic E-state index is 0.00337. The molecule has 1 saturated heterocycles. The maximum absolute atomic E-state index is 15.1. The summed E-state index contributed by atoms with van der Waals surface area (Å²) >= 11 is 0. The highest BCUT2D eigenvalue weighted by Gasteiger charge is 2.29. The Labute approximate surface area is 138 Å². The standard InChI is InChI=1S/C16H20FN3O4/c1-8-5-20(6-9(2)23-8)14-10(7-21)4-11-13(16(22)18-3)19-24-15(11)12(14)17/h4,8-9,21H,5-7H2,1-3H3,(H,18,22)/t8-,9-/m1/s1. The zero-order chi connectivity index (χ0) is 17.4. The monoisotopic (exact) mass is 337 g/mol. The Balaban J connectivity index is 2.15. The molecule has 2 heterocycles. The van der Waals surface area contributed by atoms with Crippen LogP contribution in [0.2, 0.25) is 0 Å². The van der Waals surface area contributed by atoms with Crippen LogP contribution in [0.5, 0.6) is 0 Å². The van der Waals surface area contributed by atoms with Crippen LogP contribution >= 0.6 is 0 Å². The van der Waals surface area contributed by atoms with Crippen molar-refractivity contribution in [3.05, 3.63) is 23.1 Å². The second kappa shape index (κ2) is 6.37. The summed E-state index contributed by atoms with van der Waals surface area (Å²) in [6, 6.07) is 1.56. The molecular weight excluding hydrogens is 317 g/mol. The molecule has 0 saturated carbocycles. The highest BCUT2D eigenvalue weighted by Crippen LogP contribution is 2.35. The van der Waals surface area contributed by atoms with Crippen molar-refractivity contribution < 1.29 is 23.6 Å². The molecule has 0 unspecified atom stereocenters. The lowest BCUT2D eigenvalue weighted by atomic mass is 10.1. The van der Waals surface area contributed by atoms with E-state index in [-0.39, 0.29) is 41.2 Å². The number of rotatable bonds is 3. The lowest BCUT2D eigenvalue weighted by molar-refractivity contribution is -0.00550. The van der Waals surface area contributed by atoms with Crippen molar-refractivity contribution in [2.45, 2.75) is 32.7 Å². The fourth-order valence-corrected chi connectivity index (χ4v) is 3.19. The van der Waals surface area contributed by atoms with E-state index in [0.717, 1.165) is 0 Å². The summed E-state index contributed by atoms with van der Waals surface area (Å²) < 4.78 is 25.8. The number of morpholine rings is 1. The smallest absolute Gasteiger partial charge is 0.273 e. The van der Waals surface area contributed by atoms with Crippen LogP contribution in [-0.4, -0.2) is 48.5 Å². The summed E-state index contributed by atoms with van der Waals surface area (Å²) in [6.07, 6.45) is -0.127. The molecule has 1 aromatic carbocycles. The van der Waals surface area contributed by atoms with Crippen LogP contribution in [-0.2, 0) is 11.3 Å². The minimum Gasteiger partial charge on any atom is -0.392 e. The van der Waals surface area contributed by atoms with E-state index in [9.17, 15) is 9.90 Å². The van der Waals surface area contributed by atoms with E-state index in [4.69, 9.17) is 9.26 Å². The van der Waals surface area contributed by atoms with Gasteiger partial charge in [-0.25, -0.2) is 4.39 Å². The van der Waals surface area contributed by atoms with Crippen molar-refractivity contribution in [1.82, 2.24) is 10.5 Å². The first-order valence-electron chi connectivity index (χ1n) is 7.80. The molecule has 7 nitrogen and oxygen atoms in total. The number of aliphatic hydroxyl groups is 1. The quantitative estimate of drug-likeness (QED) is 0.881. The topological polar surface area (TPSA) is 87.8 Å². The maximum Gasteiger partial charge on any atom is 0.273 e. The average Bonchev–Trinajstić information content (AvgIpc) is 2.97. The number of hydrogen-bond donors (Lipinski definition) is 2. The molecule has 2 atom stereocenters. The van der Waals surface area contributed by atoms with Crippen molar-refractivity contribution >= 4 is 22.6 Å². The molecule has 1 aliphatic heterocycles. The van der Waals surface area contributed by atoms with Gasteiger partial charge < -0.3 is 24.6 Å². The number of carbonyl (C=O) groups is 1. The van der Waals surface area contributed by atoms with Gasteiger partial charge in [0.2, 0.25) is 5.58 Å². The van der Waals surface area contributed by atoms with Crippen molar-refractivity contribution in [2.75, 3.05) is 25.0 Å². The summed E-state index contributed by atoms with van der Waals surface area (Å²) in [7, 11) is 1.46. The van der Waals surface area contributed by atoms with E-state index >= 15 is 4.39 Å². The molecule has 0 aliphatic carbocycles. The molecule has 2 aromatic rings. The van der Waals surface area contributed by atoms with Gasteiger partial charge >= 0.3 is 0 Å². The molecule has 0 radical (unpaired) electrons. The second-order valence-corrected chi connectivity index (χ2v) is 6.01. The Morgan fingerprint density at radius 3 is 2.71 bits per heavy atom. The molecule has 1 amide bonds. The first-order valence-corrected chi connectivity index (χ1v) is 7.80. The third-order valence-electron chi connectivity index (χ3n) is 4.11. The van der Waals surface area contributed by atoms with Crippen molar-refractivity contribution in [3.8, 4) is 0 Å². The van der Waals surface area contributed by atoms with Gasteiger partial charge in [0.25, 0.3) is 5.91 Å². The van der Waals surface area contributed by atoms with E-state index in [0.29, 0.717) is 18.7 Å². The Morgan fingerprint density at radius 1 is 1.46 bits per heavy atom. The minimum atomic E-state index is -0.625. The normalized spacial score (nSPS) is 21.3. The number of aliphatic hydroxyl groups excluding tert-OH is 1. The third-order valence-corrected chi connectivity index (χ3v) is 4.11. The Kier molecular flexibility index (Phi) is 4.42. The van der Waals surface area contributed by atoms with Crippen LogP contribution in [0.4, 0.5) is 10.1 Å². The number of benzene rings is 1. The number of carbonyl (C=O) groups excluding carboxylic acids is 1. The van der Waals surface area contributed by atoms with Crippen LogP contribution in [0.25, 0.3) is 11.0 Å². The lowest BCUT2D eigenvalue weighted by Gasteiger charge is -2.37. The van der Waals surface area contributed by atoms with Crippen molar-refractivity contribution in [1.29, 1.82) is 0 Å². The highest BCUT2D eigenvalue weighted by molar-refractivity contribution is 6.05. The number of aromatic nitrogens is 1. The van der Waals surface area contributed by atoms with Crippen LogP contribution in [0, 0.1) is 5.82 Å². The number of ether oxygens (including phenoxy) is 1. The van der Waals surface area contributed by atoms with Gasteiger partial charge in [-0.1, -0.05) is 5.16 Å². The molecule has 1 aliphatic rings. The molecule has 24 heavy (non-hydrogen) atoms. The third kappa shape index (κ3) is 2.71. The van der Waals surface area contributed by atoms with Gasteiger partial charge in [-0.3, -0.25) is 4.79 Å². The summed E-state index contributed by atoms with van der Waals surface area (Å²) in [6.45, 7) is 4.46. The number of hydrogen-bond acceptors (Lipinski definition) is 6. The first-order chi connectivity index (χ1) is 11.5. The van der Waals surface area contributed by atoms with E-state index in [2.05, 4.69) is 10.5 Å². The number of nitrogens with one attached hydrogen (secondary N) is 1. The van der Waals surface area contributed by atoms with Crippen molar-refractivity contribution in [2.24, 2.45) is 0 Å². The maximum atomic E-state index is 15.1. The second-order valence-electron chi connectivity index (χ2n) is 6.01. The Morgan fingerprint density at radius 2 is 2.12 bits per heavy atom. The van der Waals surface area contributed by atoms with E-state index in [1.54, 1.807) is 6.07 Å². The number of nitrogens with zero attached hydrogens (tertiary/aromatic N) is 2. The van der Waals surface area contributed by atoms with Gasteiger partial charge in [0.1, 0.15) is 0 Å².